The molecule has 1 aromatic carbocycles. The highest BCUT2D eigenvalue weighted by atomic mass is 31.2. The van der Waals surface area contributed by atoms with Crippen molar-refractivity contribution in [2.75, 3.05) is 19.8 Å². The van der Waals surface area contributed by atoms with Gasteiger partial charge in [-0.3, -0.25) is 4.57 Å². The predicted octanol–water partition coefficient (Wildman–Crippen LogP) is 3.25. The van der Waals surface area contributed by atoms with Crippen LogP contribution in [0.5, 0.6) is 0 Å². The molecule has 0 aromatic heterocycles. The van der Waals surface area contributed by atoms with Crippen LogP contribution in [0.4, 0.5) is 0 Å². The summed E-state index contributed by atoms with van der Waals surface area (Å²) in [5, 5.41) is 9.46. The Morgan fingerprint density at radius 3 is 2.21 bits per heavy atom. The largest absolute Gasteiger partial charge is 0.395 e. The molecule has 1 atom stereocenters. The zero-order chi connectivity index (χ0) is 14.1. The van der Waals surface area contributed by atoms with E-state index < -0.39 is 13.3 Å². The van der Waals surface area contributed by atoms with Gasteiger partial charge in [0.2, 0.25) is 0 Å². The molecule has 1 unspecified atom stereocenters. The second-order valence-corrected chi connectivity index (χ2v) is 6.56. The fourth-order valence-electron chi connectivity index (χ4n) is 1.94. The van der Waals surface area contributed by atoms with Crippen LogP contribution in [0, 0.1) is 0 Å². The topological polar surface area (TPSA) is 55.8 Å². The Morgan fingerprint density at radius 2 is 1.74 bits per heavy atom. The first-order chi connectivity index (χ1) is 9.16. The summed E-state index contributed by atoms with van der Waals surface area (Å²) >= 11 is 0. The van der Waals surface area contributed by atoms with Crippen molar-refractivity contribution in [3.05, 3.63) is 35.9 Å². The number of hydrogen-bond acceptors (Lipinski definition) is 4. The normalized spacial score (nSPS) is 13.4. The summed E-state index contributed by atoms with van der Waals surface area (Å²) in [5.41, 5.74) is 0.688. The summed E-state index contributed by atoms with van der Waals surface area (Å²) in [4.78, 5) is 0. The molecule has 0 aliphatic carbocycles. The molecule has 0 heterocycles. The quantitative estimate of drug-likeness (QED) is 0.708. The number of benzene rings is 1. The van der Waals surface area contributed by atoms with Crippen LogP contribution in [-0.4, -0.2) is 30.6 Å². The molecule has 0 amide bonds. The first-order valence-corrected chi connectivity index (χ1v) is 8.31. The van der Waals surface area contributed by atoms with Gasteiger partial charge in [-0.1, -0.05) is 30.3 Å². The number of aliphatic hydroxyl groups excluding tert-OH is 1. The van der Waals surface area contributed by atoms with E-state index in [2.05, 4.69) is 0 Å². The molecule has 0 saturated heterocycles. The Hall–Kier alpha value is -0.670. The van der Waals surface area contributed by atoms with Gasteiger partial charge in [-0.05, 0) is 32.3 Å². The zero-order valence-electron chi connectivity index (χ0n) is 11.6. The molecule has 108 valence electrons. The van der Waals surface area contributed by atoms with E-state index in [0.29, 0.717) is 19.6 Å². The summed E-state index contributed by atoms with van der Waals surface area (Å²) < 4.78 is 23.1. The summed E-state index contributed by atoms with van der Waals surface area (Å²) in [6, 6.07) is 9.92. The predicted molar refractivity (Wildman–Crippen MR) is 76.5 cm³/mol. The van der Waals surface area contributed by atoms with E-state index in [1.807, 2.05) is 30.3 Å². The van der Waals surface area contributed by atoms with Crippen molar-refractivity contribution < 1.29 is 18.7 Å². The van der Waals surface area contributed by atoms with Gasteiger partial charge >= 0.3 is 7.60 Å². The van der Waals surface area contributed by atoms with Crippen LogP contribution in [0.15, 0.2) is 30.3 Å². The highest BCUT2D eigenvalue weighted by molar-refractivity contribution is 7.54. The molecule has 4 nitrogen and oxygen atoms in total. The fourth-order valence-corrected chi connectivity index (χ4v) is 3.80. The van der Waals surface area contributed by atoms with Crippen LogP contribution in [-0.2, 0) is 20.0 Å². The van der Waals surface area contributed by atoms with Crippen molar-refractivity contribution in [1.82, 2.24) is 0 Å². The Bertz CT molecular complexity index is 384. The third kappa shape index (κ3) is 5.07. The van der Waals surface area contributed by atoms with E-state index in [4.69, 9.17) is 9.05 Å². The highest BCUT2D eigenvalue weighted by Crippen LogP contribution is 2.54. The van der Waals surface area contributed by atoms with Crippen LogP contribution >= 0.6 is 7.60 Å². The Kier molecular flexibility index (Phi) is 7.32. The minimum atomic E-state index is -3.22. The van der Waals surface area contributed by atoms with Crippen molar-refractivity contribution >= 4 is 7.60 Å². The summed E-state index contributed by atoms with van der Waals surface area (Å²) in [7, 11) is -3.22. The highest BCUT2D eigenvalue weighted by Gasteiger charge is 2.34. The van der Waals surface area contributed by atoms with Crippen molar-refractivity contribution in [3.63, 3.8) is 0 Å². The van der Waals surface area contributed by atoms with E-state index in [1.165, 1.54) is 0 Å². The van der Waals surface area contributed by atoms with Crippen LogP contribution < -0.4 is 0 Å². The van der Waals surface area contributed by atoms with E-state index in [1.54, 1.807) is 13.8 Å². The van der Waals surface area contributed by atoms with Crippen LogP contribution in [0.1, 0.15) is 25.8 Å². The number of rotatable bonds is 9. The second-order valence-electron chi connectivity index (χ2n) is 4.24. The minimum Gasteiger partial charge on any atom is -0.395 e. The molecule has 0 fully saturated rings. The van der Waals surface area contributed by atoms with Gasteiger partial charge in [0.25, 0.3) is 0 Å². The average Bonchev–Trinajstić information content (AvgIpc) is 2.41. The van der Waals surface area contributed by atoms with Crippen molar-refractivity contribution in [3.8, 4) is 0 Å². The van der Waals surface area contributed by atoms with Gasteiger partial charge in [-0.25, -0.2) is 0 Å². The van der Waals surface area contributed by atoms with Crippen molar-refractivity contribution in [2.45, 2.75) is 32.3 Å². The lowest BCUT2D eigenvalue weighted by Gasteiger charge is -2.24. The summed E-state index contributed by atoms with van der Waals surface area (Å²) in [6.45, 7) is 4.00. The van der Waals surface area contributed by atoms with E-state index in [0.717, 1.165) is 12.0 Å². The maximum atomic E-state index is 12.6. The molecule has 0 saturated carbocycles. The van der Waals surface area contributed by atoms with Gasteiger partial charge < -0.3 is 14.2 Å². The van der Waals surface area contributed by atoms with E-state index in [-0.39, 0.29) is 6.61 Å². The number of hydrogen-bond donors (Lipinski definition) is 1. The second kappa shape index (κ2) is 8.49. The smallest absolute Gasteiger partial charge is 0.336 e. The van der Waals surface area contributed by atoms with Gasteiger partial charge in [0.05, 0.1) is 25.5 Å². The molecule has 0 radical (unpaired) electrons. The molecule has 0 aliphatic rings. The molecule has 19 heavy (non-hydrogen) atoms. The lowest BCUT2D eigenvalue weighted by molar-refractivity contribution is 0.191. The minimum absolute atomic E-state index is 0.190. The lowest BCUT2D eigenvalue weighted by Crippen LogP contribution is -2.18. The van der Waals surface area contributed by atoms with Crippen LogP contribution in [0.2, 0.25) is 0 Å². The lowest BCUT2D eigenvalue weighted by atomic mass is 10.1. The third-order valence-corrected chi connectivity index (χ3v) is 5.44. The van der Waals surface area contributed by atoms with Gasteiger partial charge in [-0.2, -0.15) is 0 Å². The van der Waals surface area contributed by atoms with Crippen molar-refractivity contribution in [2.24, 2.45) is 0 Å². The molecular weight excluding hydrogens is 263 g/mol. The monoisotopic (exact) mass is 286 g/mol. The Morgan fingerprint density at radius 1 is 1.16 bits per heavy atom. The first kappa shape index (κ1) is 16.4. The molecule has 5 heteroatoms. The number of aryl methyl sites for hydroxylation is 1. The average molecular weight is 286 g/mol. The first-order valence-electron chi connectivity index (χ1n) is 6.69. The van der Waals surface area contributed by atoms with Crippen molar-refractivity contribution in [1.29, 1.82) is 0 Å². The van der Waals surface area contributed by atoms with Gasteiger partial charge in [0, 0.05) is 0 Å². The van der Waals surface area contributed by atoms with Crippen LogP contribution in [0.3, 0.4) is 0 Å². The summed E-state index contributed by atoms with van der Waals surface area (Å²) in [5.74, 6) is 0. The third-order valence-electron chi connectivity index (χ3n) is 2.89. The van der Waals surface area contributed by atoms with Gasteiger partial charge in [0.15, 0.2) is 0 Å². The molecule has 0 bridgehead atoms. The van der Waals surface area contributed by atoms with Crippen LogP contribution in [0.25, 0.3) is 0 Å². The van der Waals surface area contributed by atoms with E-state index in [9.17, 15) is 9.67 Å². The van der Waals surface area contributed by atoms with Gasteiger partial charge in [0.1, 0.15) is 0 Å². The standard InChI is InChI=1S/C14H23O4P/c1-3-17-19(16,18-4-2)14(12-15)11-10-13-8-6-5-7-9-13/h5-9,14-15H,3-4,10-12H2,1-2H3. The molecular formula is C14H23O4P. The SMILES string of the molecule is CCOP(=O)(OCC)C(CO)CCc1ccccc1. The molecule has 1 N–H and O–H groups in total. The fraction of sp³-hybridized carbons (Fsp3) is 0.571. The molecule has 1 aromatic rings. The van der Waals surface area contributed by atoms with E-state index >= 15 is 0 Å². The van der Waals surface area contributed by atoms with Gasteiger partial charge in [-0.15, -0.1) is 0 Å². The maximum Gasteiger partial charge on any atom is 0.336 e. The Labute approximate surface area is 115 Å². The maximum absolute atomic E-state index is 12.6. The number of aliphatic hydroxyl groups is 1. The Balaban J connectivity index is 2.67. The molecule has 0 spiro atoms. The molecule has 0 aliphatic heterocycles. The zero-order valence-corrected chi connectivity index (χ0v) is 12.5. The summed E-state index contributed by atoms with van der Waals surface area (Å²) in [6.07, 6.45) is 1.33. The molecule has 1 rings (SSSR count).